The third-order valence-electron chi connectivity index (χ3n) is 6.31. The Labute approximate surface area is 266 Å². The lowest BCUT2D eigenvalue weighted by Crippen LogP contribution is -2.30. The van der Waals surface area contributed by atoms with E-state index in [0.29, 0.717) is 21.3 Å². The lowest BCUT2D eigenvalue weighted by Gasteiger charge is -2.17. The summed E-state index contributed by atoms with van der Waals surface area (Å²) < 4.78 is 0. The van der Waals surface area contributed by atoms with Gasteiger partial charge >= 0.3 is 0 Å². The molecular formula is C33H25N5O5S2. The highest BCUT2D eigenvalue weighted by atomic mass is 32.2. The fourth-order valence-electron chi connectivity index (χ4n) is 4.21. The number of para-hydroxylation sites is 1. The Morgan fingerprint density at radius 2 is 1.58 bits per heavy atom. The van der Waals surface area contributed by atoms with Crippen molar-refractivity contribution in [2.75, 3.05) is 10.6 Å². The first-order valence-electron chi connectivity index (χ1n) is 13.5. The fourth-order valence-corrected chi connectivity index (χ4v) is 5.83. The molecule has 3 N–H and O–H groups in total. The molecule has 45 heavy (non-hydrogen) atoms. The average molecular weight is 636 g/mol. The van der Waals surface area contributed by atoms with Crippen molar-refractivity contribution >= 4 is 63.4 Å². The summed E-state index contributed by atoms with van der Waals surface area (Å²) in [5.74, 6) is -1.51. The van der Waals surface area contributed by atoms with Gasteiger partial charge in [0.2, 0.25) is 5.91 Å². The van der Waals surface area contributed by atoms with Crippen LogP contribution in [0.2, 0.25) is 0 Å². The Balaban J connectivity index is 1.40. The van der Waals surface area contributed by atoms with E-state index >= 15 is 0 Å². The Bertz CT molecular complexity index is 1850. The monoisotopic (exact) mass is 635 g/mol. The molecule has 0 fully saturated rings. The SMILES string of the molecule is O=C(Nc1cccc(SC(C(=O)Nc2nccs2)c2ccccc2)c1)/C(=C\c1ccccc1[N+](=O)[O-])NC(=O)c1ccccc1. The molecule has 0 spiro atoms. The van der Waals surface area contributed by atoms with Crippen LogP contribution in [0.3, 0.4) is 0 Å². The zero-order chi connectivity index (χ0) is 31.6. The summed E-state index contributed by atoms with van der Waals surface area (Å²) >= 11 is 2.61. The van der Waals surface area contributed by atoms with Crippen molar-refractivity contribution < 1.29 is 19.3 Å². The molecule has 4 aromatic carbocycles. The average Bonchev–Trinajstić information content (AvgIpc) is 3.57. The maximum absolute atomic E-state index is 13.6. The van der Waals surface area contributed by atoms with Crippen molar-refractivity contribution in [2.24, 2.45) is 0 Å². The van der Waals surface area contributed by atoms with Gasteiger partial charge in [-0.1, -0.05) is 66.7 Å². The number of thiazole rings is 1. The van der Waals surface area contributed by atoms with Crippen LogP contribution in [0.15, 0.2) is 131 Å². The van der Waals surface area contributed by atoms with Gasteiger partial charge in [-0.25, -0.2) is 4.98 Å². The number of aromatic nitrogens is 1. The van der Waals surface area contributed by atoms with Crippen molar-refractivity contribution in [1.29, 1.82) is 0 Å². The molecule has 1 unspecified atom stereocenters. The minimum absolute atomic E-state index is 0.141. The first kappa shape index (κ1) is 30.9. The Kier molecular flexibility index (Phi) is 10.1. The lowest BCUT2D eigenvalue weighted by molar-refractivity contribution is -0.385. The van der Waals surface area contributed by atoms with E-state index in [-0.39, 0.29) is 22.9 Å². The van der Waals surface area contributed by atoms with Gasteiger partial charge < -0.3 is 16.0 Å². The number of carbonyl (C=O) groups is 3. The molecule has 0 aliphatic carbocycles. The standard InChI is InChI=1S/C33H25N5O5S2/c39-30(23-12-5-2-6-13-23)36-27(20-24-14-7-8-17-28(24)38(42)43)31(40)35-25-15-9-16-26(21-25)45-29(22-10-3-1-4-11-22)32(41)37-33-34-18-19-44-33/h1-21,29H,(H,35,40)(H,36,39)(H,34,37,41)/b27-20+. The summed E-state index contributed by atoms with van der Waals surface area (Å²) in [7, 11) is 0. The third kappa shape index (κ3) is 8.28. The van der Waals surface area contributed by atoms with Gasteiger partial charge in [-0.05, 0) is 48.0 Å². The van der Waals surface area contributed by atoms with E-state index in [1.54, 1.807) is 66.2 Å². The number of anilines is 2. The molecule has 10 nitrogen and oxygen atoms in total. The summed E-state index contributed by atoms with van der Waals surface area (Å²) in [5.41, 5.74) is 1.20. The third-order valence-corrected chi connectivity index (χ3v) is 8.25. The number of thioether (sulfide) groups is 1. The van der Waals surface area contributed by atoms with E-state index < -0.39 is 22.0 Å². The molecule has 0 bridgehead atoms. The largest absolute Gasteiger partial charge is 0.321 e. The molecule has 1 heterocycles. The number of amides is 3. The van der Waals surface area contributed by atoms with Gasteiger partial charge in [-0.2, -0.15) is 0 Å². The summed E-state index contributed by atoms with van der Waals surface area (Å²) in [5, 5.41) is 21.5. The molecular weight excluding hydrogens is 611 g/mol. The van der Waals surface area contributed by atoms with Crippen LogP contribution in [0, 0.1) is 10.1 Å². The van der Waals surface area contributed by atoms with Gasteiger partial charge in [0.05, 0.1) is 10.5 Å². The van der Waals surface area contributed by atoms with Crippen LogP contribution in [0.25, 0.3) is 6.08 Å². The summed E-state index contributed by atoms with van der Waals surface area (Å²) in [6.45, 7) is 0. The van der Waals surface area contributed by atoms with Gasteiger partial charge in [-0.15, -0.1) is 23.1 Å². The maximum atomic E-state index is 13.6. The molecule has 0 aliphatic heterocycles. The highest BCUT2D eigenvalue weighted by Crippen LogP contribution is 2.37. The summed E-state index contributed by atoms with van der Waals surface area (Å²) in [6.07, 6.45) is 2.87. The Morgan fingerprint density at radius 3 is 2.29 bits per heavy atom. The Morgan fingerprint density at radius 1 is 0.867 bits per heavy atom. The predicted octanol–water partition coefficient (Wildman–Crippen LogP) is 6.93. The van der Waals surface area contributed by atoms with Crippen molar-refractivity contribution in [2.45, 2.75) is 10.1 Å². The van der Waals surface area contributed by atoms with Crippen molar-refractivity contribution in [3.63, 3.8) is 0 Å². The van der Waals surface area contributed by atoms with E-state index in [2.05, 4.69) is 20.9 Å². The fraction of sp³-hybridized carbons (Fsp3) is 0.0303. The zero-order valence-corrected chi connectivity index (χ0v) is 25.1. The molecule has 0 saturated heterocycles. The molecule has 0 aliphatic rings. The van der Waals surface area contributed by atoms with Crippen LogP contribution in [0.1, 0.15) is 26.7 Å². The molecule has 1 atom stereocenters. The van der Waals surface area contributed by atoms with Crippen LogP contribution in [0.5, 0.6) is 0 Å². The number of nitrogens with one attached hydrogen (secondary N) is 3. The van der Waals surface area contributed by atoms with Crippen molar-refractivity contribution in [3.8, 4) is 0 Å². The van der Waals surface area contributed by atoms with Crippen molar-refractivity contribution in [3.05, 3.63) is 153 Å². The number of nitrogens with zero attached hydrogens (tertiary/aromatic N) is 2. The van der Waals surface area contributed by atoms with E-state index in [4.69, 9.17) is 0 Å². The second kappa shape index (κ2) is 14.7. The first-order chi connectivity index (χ1) is 21.9. The van der Waals surface area contributed by atoms with Crippen molar-refractivity contribution in [1.82, 2.24) is 10.3 Å². The van der Waals surface area contributed by atoms with Crippen LogP contribution < -0.4 is 16.0 Å². The molecule has 5 aromatic rings. The molecule has 5 rings (SSSR count). The van der Waals surface area contributed by atoms with Crippen LogP contribution >= 0.6 is 23.1 Å². The van der Waals surface area contributed by atoms with E-state index in [1.165, 1.54) is 47.4 Å². The number of carbonyl (C=O) groups excluding carboxylic acids is 3. The highest BCUT2D eigenvalue weighted by molar-refractivity contribution is 8.00. The topological polar surface area (TPSA) is 143 Å². The van der Waals surface area contributed by atoms with Gasteiger partial charge in [0.25, 0.3) is 17.5 Å². The van der Waals surface area contributed by atoms with E-state index in [1.807, 2.05) is 36.4 Å². The highest BCUT2D eigenvalue weighted by Gasteiger charge is 2.24. The number of nitro benzene ring substituents is 1. The van der Waals surface area contributed by atoms with Gasteiger partial charge in [-0.3, -0.25) is 24.5 Å². The summed E-state index contributed by atoms with van der Waals surface area (Å²) in [4.78, 5) is 55.8. The quantitative estimate of drug-likeness (QED) is 0.0618. The molecule has 0 radical (unpaired) electrons. The smallest absolute Gasteiger partial charge is 0.276 e. The van der Waals surface area contributed by atoms with Crippen LogP contribution in [-0.2, 0) is 9.59 Å². The zero-order valence-electron chi connectivity index (χ0n) is 23.5. The second-order valence-electron chi connectivity index (χ2n) is 9.41. The van der Waals surface area contributed by atoms with E-state index in [9.17, 15) is 24.5 Å². The van der Waals surface area contributed by atoms with Crippen LogP contribution in [-0.4, -0.2) is 27.6 Å². The number of rotatable bonds is 11. The van der Waals surface area contributed by atoms with Crippen LogP contribution in [0.4, 0.5) is 16.5 Å². The number of benzene rings is 4. The maximum Gasteiger partial charge on any atom is 0.276 e. The minimum atomic E-state index is -0.694. The summed E-state index contributed by atoms with van der Waals surface area (Å²) in [6, 6.07) is 30.4. The number of nitro groups is 1. The Hall–Kier alpha value is -5.59. The minimum Gasteiger partial charge on any atom is -0.321 e. The van der Waals surface area contributed by atoms with E-state index in [0.717, 1.165) is 5.56 Å². The lowest BCUT2D eigenvalue weighted by atomic mass is 10.1. The molecule has 0 saturated carbocycles. The van der Waals surface area contributed by atoms with Gasteiger partial charge in [0.1, 0.15) is 10.9 Å². The predicted molar refractivity (Wildman–Crippen MR) is 176 cm³/mol. The second-order valence-corrected chi connectivity index (χ2v) is 11.5. The molecule has 224 valence electrons. The molecule has 12 heteroatoms. The van der Waals surface area contributed by atoms with Gasteiger partial charge in [0.15, 0.2) is 5.13 Å². The first-order valence-corrected chi connectivity index (χ1v) is 15.3. The van der Waals surface area contributed by atoms with Gasteiger partial charge in [0, 0.05) is 33.8 Å². The number of hydrogen-bond acceptors (Lipinski definition) is 8. The normalized spacial score (nSPS) is 11.7. The molecule has 3 amide bonds. The number of hydrogen-bond donors (Lipinski definition) is 3. The molecule has 1 aromatic heterocycles.